The van der Waals surface area contributed by atoms with E-state index in [4.69, 9.17) is 22.7 Å². The number of nitrogens with two attached hydrogens (primary N) is 1. The van der Waals surface area contributed by atoms with Gasteiger partial charge in [0.2, 0.25) is 10.0 Å². The number of benzene rings is 1. The fourth-order valence-electron chi connectivity index (χ4n) is 1.47. The molecule has 0 aliphatic heterocycles. The highest BCUT2D eigenvalue weighted by molar-refractivity contribution is 7.88. The first-order valence-corrected chi connectivity index (χ1v) is 7.79. The SMILES string of the molecule is COC(C)CNS(=O)(=O)Cc1ccccc1C(N)=S. The molecule has 3 N–H and O–H groups in total. The molecule has 0 aromatic heterocycles. The van der Waals surface area contributed by atoms with Gasteiger partial charge in [-0.2, -0.15) is 0 Å². The van der Waals surface area contributed by atoms with Gasteiger partial charge in [-0.15, -0.1) is 0 Å². The largest absolute Gasteiger partial charge is 0.389 e. The number of sulfonamides is 1. The van der Waals surface area contributed by atoms with Gasteiger partial charge >= 0.3 is 0 Å². The molecule has 0 fully saturated rings. The highest BCUT2D eigenvalue weighted by Gasteiger charge is 2.15. The average Bonchev–Trinajstić information content (AvgIpc) is 2.36. The maximum atomic E-state index is 11.9. The van der Waals surface area contributed by atoms with Gasteiger partial charge in [0, 0.05) is 19.2 Å². The molecule has 0 aliphatic rings. The van der Waals surface area contributed by atoms with Crippen LogP contribution >= 0.6 is 12.2 Å². The zero-order valence-electron chi connectivity index (χ0n) is 10.9. The minimum absolute atomic E-state index is 0.156. The molecule has 1 aromatic rings. The predicted molar refractivity (Wildman–Crippen MR) is 79.4 cm³/mol. The minimum Gasteiger partial charge on any atom is -0.389 e. The normalized spacial score (nSPS) is 13.2. The van der Waals surface area contributed by atoms with Crippen LogP contribution in [0.3, 0.4) is 0 Å². The summed E-state index contributed by atoms with van der Waals surface area (Å²) in [6.45, 7) is 2.01. The molecular formula is C12H18N2O3S2. The Balaban J connectivity index is 2.81. The molecule has 0 saturated carbocycles. The monoisotopic (exact) mass is 302 g/mol. The second kappa shape index (κ2) is 6.95. The van der Waals surface area contributed by atoms with Crippen LogP contribution in [0.4, 0.5) is 0 Å². The second-order valence-electron chi connectivity index (χ2n) is 4.18. The minimum atomic E-state index is -3.44. The number of nitrogens with one attached hydrogen (secondary N) is 1. The Morgan fingerprint density at radius 3 is 2.68 bits per heavy atom. The van der Waals surface area contributed by atoms with E-state index in [1.54, 1.807) is 31.2 Å². The first-order chi connectivity index (χ1) is 8.85. The van der Waals surface area contributed by atoms with Gasteiger partial charge in [-0.1, -0.05) is 36.5 Å². The zero-order chi connectivity index (χ0) is 14.5. The highest BCUT2D eigenvalue weighted by atomic mass is 32.2. The third kappa shape index (κ3) is 5.23. The molecule has 7 heteroatoms. The van der Waals surface area contributed by atoms with Crippen molar-refractivity contribution >= 4 is 27.2 Å². The Kier molecular flexibility index (Phi) is 5.86. The highest BCUT2D eigenvalue weighted by Crippen LogP contribution is 2.12. The van der Waals surface area contributed by atoms with Gasteiger partial charge in [0.1, 0.15) is 4.99 Å². The second-order valence-corrected chi connectivity index (χ2v) is 6.42. The van der Waals surface area contributed by atoms with E-state index >= 15 is 0 Å². The first kappa shape index (κ1) is 16.0. The fourth-order valence-corrected chi connectivity index (χ4v) is 2.92. The van der Waals surface area contributed by atoms with Crippen LogP contribution in [0.2, 0.25) is 0 Å². The Labute approximate surface area is 119 Å². The Hall–Kier alpha value is -1.02. The fraction of sp³-hybridized carbons (Fsp3) is 0.417. The van der Waals surface area contributed by atoms with Crippen molar-refractivity contribution in [3.8, 4) is 0 Å². The molecule has 0 aliphatic carbocycles. The predicted octanol–water partition coefficient (Wildman–Crippen LogP) is 0.775. The topological polar surface area (TPSA) is 81.4 Å². The van der Waals surface area contributed by atoms with Crippen LogP contribution in [-0.2, 0) is 20.5 Å². The lowest BCUT2D eigenvalue weighted by Gasteiger charge is -2.12. The summed E-state index contributed by atoms with van der Waals surface area (Å²) in [5, 5.41) is 0. The summed E-state index contributed by atoms with van der Waals surface area (Å²) in [5.74, 6) is -0.156. The molecule has 1 aromatic carbocycles. The van der Waals surface area contributed by atoms with Gasteiger partial charge < -0.3 is 10.5 Å². The molecule has 0 bridgehead atoms. The van der Waals surface area contributed by atoms with Crippen LogP contribution < -0.4 is 10.5 Å². The summed E-state index contributed by atoms with van der Waals surface area (Å²) in [4.78, 5) is 0.191. The number of rotatable bonds is 7. The van der Waals surface area contributed by atoms with E-state index in [1.807, 2.05) is 0 Å². The molecule has 0 heterocycles. The zero-order valence-corrected chi connectivity index (χ0v) is 12.6. The smallest absolute Gasteiger partial charge is 0.215 e. The lowest BCUT2D eigenvalue weighted by molar-refractivity contribution is 0.122. The maximum Gasteiger partial charge on any atom is 0.215 e. The lowest BCUT2D eigenvalue weighted by Crippen LogP contribution is -2.32. The van der Waals surface area contributed by atoms with Gasteiger partial charge in [-0.3, -0.25) is 0 Å². The van der Waals surface area contributed by atoms with Gasteiger partial charge in [0.05, 0.1) is 11.9 Å². The molecule has 0 spiro atoms. The van der Waals surface area contributed by atoms with Crippen LogP contribution in [0.5, 0.6) is 0 Å². The number of methoxy groups -OCH3 is 1. The van der Waals surface area contributed by atoms with E-state index in [1.165, 1.54) is 7.11 Å². The summed E-state index contributed by atoms with van der Waals surface area (Å²) < 4.78 is 31.4. The van der Waals surface area contributed by atoms with Crippen molar-refractivity contribution in [2.24, 2.45) is 5.73 Å². The third-order valence-corrected chi connectivity index (χ3v) is 4.14. The standard InChI is InChI=1S/C12H18N2O3S2/c1-9(17-2)7-14-19(15,16)8-10-5-3-4-6-11(10)12(13)18/h3-6,9,14H,7-8H2,1-2H3,(H2,13,18). The molecule has 5 nitrogen and oxygen atoms in total. The lowest BCUT2D eigenvalue weighted by atomic mass is 10.1. The number of hydrogen-bond donors (Lipinski definition) is 2. The molecule has 0 saturated heterocycles. The van der Waals surface area contributed by atoms with Crippen LogP contribution in [0.15, 0.2) is 24.3 Å². The van der Waals surface area contributed by atoms with Crippen LogP contribution in [-0.4, -0.2) is 33.2 Å². The van der Waals surface area contributed by atoms with Gasteiger partial charge in [0.25, 0.3) is 0 Å². The van der Waals surface area contributed by atoms with Crippen LogP contribution in [0, 0.1) is 0 Å². The van der Waals surface area contributed by atoms with Crippen molar-refractivity contribution in [3.63, 3.8) is 0 Å². The Bertz CT molecular complexity index is 544. The molecule has 1 atom stereocenters. The van der Waals surface area contributed by atoms with Crippen LogP contribution in [0.1, 0.15) is 18.1 Å². The number of thiocarbonyl (C=S) groups is 1. The van der Waals surface area contributed by atoms with E-state index in [9.17, 15) is 8.42 Å². The van der Waals surface area contributed by atoms with Crippen molar-refractivity contribution in [3.05, 3.63) is 35.4 Å². The van der Waals surface area contributed by atoms with Crippen LogP contribution in [0.25, 0.3) is 0 Å². The maximum absolute atomic E-state index is 11.9. The molecule has 0 radical (unpaired) electrons. The first-order valence-electron chi connectivity index (χ1n) is 5.73. The Morgan fingerprint density at radius 2 is 2.11 bits per heavy atom. The molecular weight excluding hydrogens is 284 g/mol. The molecule has 106 valence electrons. The van der Waals surface area contributed by atoms with E-state index in [-0.39, 0.29) is 23.4 Å². The van der Waals surface area contributed by atoms with Gasteiger partial charge in [-0.05, 0) is 12.5 Å². The van der Waals surface area contributed by atoms with Crippen molar-refractivity contribution in [2.45, 2.75) is 18.8 Å². The summed E-state index contributed by atoms with van der Waals surface area (Å²) in [5.41, 5.74) is 6.75. The number of hydrogen-bond acceptors (Lipinski definition) is 4. The van der Waals surface area contributed by atoms with E-state index in [0.717, 1.165) is 0 Å². The molecule has 1 unspecified atom stereocenters. The quantitative estimate of drug-likeness (QED) is 0.727. The van der Waals surface area contributed by atoms with Crippen molar-refractivity contribution in [1.29, 1.82) is 0 Å². The summed E-state index contributed by atoms with van der Waals surface area (Å²) >= 11 is 4.91. The van der Waals surface area contributed by atoms with Crippen molar-refractivity contribution in [1.82, 2.24) is 4.72 Å². The van der Waals surface area contributed by atoms with Crippen molar-refractivity contribution in [2.75, 3.05) is 13.7 Å². The number of ether oxygens (including phenoxy) is 1. The molecule has 0 amide bonds. The summed E-state index contributed by atoms with van der Waals surface area (Å²) in [6.07, 6.45) is -0.180. The van der Waals surface area contributed by atoms with E-state index in [2.05, 4.69) is 4.72 Å². The van der Waals surface area contributed by atoms with Gasteiger partial charge in [0.15, 0.2) is 0 Å². The third-order valence-electron chi connectivity index (χ3n) is 2.62. The molecule has 19 heavy (non-hydrogen) atoms. The van der Waals surface area contributed by atoms with E-state index < -0.39 is 10.0 Å². The summed E-state index contributed by atoms with van der Waals surface area (Å²) in [7, 11) is -1.91. The Morgan fingerprint density at radius 1 is 1.47 bits per heavy atom. The molecule has 1 rings (SSSR count). The summed E-state index contributed by atoms with van der Waals surface area (Å²) in [6, 6.07) is 6.94. The van der Waals surface area contributed by atoms with Gasteiger partial charge in [-0.25, -0.2) is 13.1 Å². The van der Waals surface area contributed by atoms with E-state index in [0.29, 0.717) is 11.1 Å². The van der Waals surface area contributed by atoms with Crippen molar-refractivity contribution < 1.29 is 13.2 Å². The average molecular weight is 302 g/mol.